The molecule has 1 aliphatic rings. The lowest BCUT2D eigenvalue weighted by molar-refractivity contribution is -0.173. The zero-order valence-corrected chi connectivity index (χ0v) is 18.2. The molecule has 0 radical (unpaired) electrons. The van der Waals surface area contributed by atoms with E-state index in [0.717, 1.165) is 22.3 Å². The van der Waals surface area contributed by atoms with Crippen molar-refractivity contribution in [2.75, 3.05) is 0 Å². The Morgan fingerprint density at radius 3 is 1.74 bits per heavy atom. The summed E-state index contributed by atoms with van der Waals surface area (Å²) < 4.78 is 5.45. The van der Waals surface area contributed by atoms with E-state index < -0.39 is 23.0 Å². The van der Waals surface area contributed by atoms with Crippen molar-refractivity contribution >= 4 is 34.6 Å². The van der Waals surface area contributed by atoms with Crippen LogP contribution in [0.2, 0.25) is 0 Å². The predicted molar refractivity (Wildman–Crippen MR) is 121 cm³/mol. The van der Waals surface area contributed by atoms with Gasteiger partial charge in [0.25, 0.3) is 0 Å². The lowest BCUT2D eigenvalue weighted by Gasteiger charge is -2.28. The molecule has 0 saturated carbocycles. The number of benzene rings is 2. The first-order valence-electron chi connectivity index (χ1n) is 9.74. The van der Waals surface area contributed by atoms with Crippen LogP contribution < -0.4 is 0 Å². The minimum Gasteiger partial charge on any atom is -0.389 e. The van der Waals surface area contributed by atoms with Crippen LogP contribution in [0.3, 0.4) is 0 Å². The molecule has 4 aromatic rings. The van der Waals surface area contributed by atoms with Gasteiger partial charge in [-0.3, -0.25) is 4.79 Å². The first-order chi connectivity index (χ1) is 15.0. The van der Waals surface area contributed by atoms with Gasteiger partial charge in [-0.15, -0.1) is 22.7 Å². The second-order valence-corrected chi connectivity index (χ2v) is 9.45. The Bertz CT molecular complexity index is 1190. The number of aliphatic hydroxyl groups is 1. The van der Waals surface area contributed by atoms with Gasteiger partial charge in [-0.2, -0.15) is 0 Å². The fourth-order valence-electron chi connectivity index (χ4n) is 4.22. The Balaban J connectivity index is 1.56. The molecule has 2 aromatic heterocycles. The van der Waals surface area contributed by atoms with E-state index >= 15 is 0 Å². The van der Waals surface area contributed by atoms with Gasteiger partial charge >= 0.3 is 11.9 Å². The smallest absolute Gasteiger partial charge is 0.357 e. The van der Waals surface area contributed by atoms with Gasteiger partial charge in [0.05, 0.1) is 9.75 Å². The van der Waals surface area contributed by atoms with Crippen LogP contribution in [0.1, 0.15) is 27.8 Å². The number of ether oxygens (including phenoxy) is 1. The maximum Gasteiger partial charge on any atom is 0.357 e. The van der Waals surface area contributed by atoms with E-state index in [1.54, 1.807) is 41.9 Å². The van der Waals surface area contributed by atoms with Crippen LogP contribution in [0, 0.1) is 0 Å². The fourth-order valence-corrected chi connectivity index (χ4v) is 5.94. The highest BCUT2D eigenvalue weighted by molar-refractivity contribution is 7.12. The third-order valence-corrected chi connectivity index (χ3v) is 7.82. The summed E-state index contributed by atoms with van der Waals surface area (Å²) in [6.45, 7) is 1.77. The number of carbonyl (C=O) groups is 2. The molecule has 5 rings (SSSR count). The van der Waals surface area contributed by atoms with Gasteiger partial charge in [-0.25, -0.2) is 4.79 Å². The molecule has 0 fully saturated rings. The van der Waals surface area contributed by atoms with Crippen LogP contribution in [0.5, 0.6) is 0 Å². The average molecular weight is 447 g/mol. The van der Waals surface area contributed by atoms with Crippen molar-refractivity contribution < 1.29 is 19.4 Å². The van der Waals surface area contributed by atoms with Crippen molar-refractivity contribution in [3.8, 4) is 11.1 Å². The summed E-state index contributed by atoms with van der Waals surface area (Å²) in [5.74, 6) is -1.70. The number of esters is 2. The number of hydrogen-bond acceptors (Lipinski definition) is 6. The van der Waals surface area contributed by atoms with E-state index in [4.69, 9.17) is 4.74 Å². The molecular formula is C25H18O4S2. The molecule has 0 saturated heterocycles. The summed E-state index contributed by atoms with van der Waals surface area (Å²) >= 11 is 2.47. The molecule has 4 nitrogen and oxygen atoms in total. The van der Waals surface area contributed by atoms with Gasteiger partial charge < -0.3 is 9.84 Å². The first kappa shape index (κ1) is 19.9. The standard InChI is InChI=1S/C25H18O4S2/c1-24(18-10-4-2-8-16(18)17-9-3-5-11-19(17)24)22(26)29-23(27)25(28,20-12-6-14-30-20)21-13-7-15-31-21/h2-15,28H,1H3. The molecular weight excluding hydrogens is 428 g/mol. The van der Waals surface area contributed by atoms with Crippen molar-refractivity contribution in [1.29, 1.82) is 0 Å². The van der Waals surface area contributed by atoms with Crippen LogP contribution in [0.25, 0.3) is 11.1 Å². The lowest BCUT2D eigenvalue weighted by atomic mass is 9.80. The summed E-state index contributed by atoms with van der Waals surface area (Å²) in [5, 5.41) is 15.0. The highest BCUT2D eigenvalue weighted by Crippen LogP contribution is 2.49. The largest absolute Gasteiger partial charge is 0.389 e. The molecule has 0 unspecified atom stereocenters. The van der Waals surface area contributed by atoms with E-state index in [2.05, 4.69) is 0 Å². The minimum absolute atomic E-state index is 0.408. The maximum absolute atomic E-state index is 13.5. The Kier molecular flexibility index (Phi) is 4.66. The zero-order chi connectivity index (χ0) is 21.6. The van der Waals surface area contributed by atoms with E-state index in [1.807, 2.05) is 48.5 Å². The van der Waals surface area contributed by atoms with Gasteiger partial charge in [0.15, 0.2) is 0 Å². The number of fused-ring (bicyclic) bond motifs is 3. The van der Waals surface area contributed by atoms with Crippen LogP contribution >= 0.6 is 22.7 Å². The van der Waals surface area contributed by atoms with Crippen molar-refractivity contribution in [2.24, 2.45) is 0 Å². The third-order valence-electron chi connectivity index (χ3n) is 5.87. The van der Waals surface area contributed by atoms with Crippen LogP contribution in [-0.4, -0.2) is 17.0 Å². The minimum atomic E-state index is -2.04. The topological polar surface area (TPSA) is 63.6 Å². The van der Waals surface area contributed by atoms with Crippen molar-refractivity contribution in [2.45, 2.75) is 17.9 Å². The molecule has 2 heterocycles. The number of thiophene rings is 2. The Morgan fingerprint density at radius 2 is 1.29 bits per heavy atom. The summed E-state index contributed by atoms with van der Waals surface area (Å²) in [6.07, 6.45) is 0. The van der Waals surface area contributed by atoms with Crippen molar-refractivity contribution in [3.63, 3.8) is 0 Å². The Hall–Kier alpha value is -3.06. The molecule has 154 valence electrons. The molecule has 1 N–H and O–H groups in total. The molecule has 0 spiro atoms. The van der Waals surface area contributed by atoms with E-state index in [0.29, 0.717) is 9.75 Å². The van der Waals surface area contributed by atoms with Crippen LogP contribution in [0.4, 0.5) is 0 Å². The van der Waals surface area contributed by atoms with Gasteiger partial charge in [-0.1, -0.05) is 60.7 Å². The van der Waals surface area contributed by atoms with Crippen LogP contribution in [-0.2, 0) is 25.3 Å². The number of hydrogen-bond donors (Lipinski definition) is 1. The maximum atomic E-state index is 13.5. The molecule has 0 bridgehead atoms. The van der Waals surface area contributed by atoms with Gasteiger partial charge in [0, 0.05) is 0 Å². The summed E-state index contributed by atoms with van der Waals surface area (Å²) in [4.78, 5) is 27.7. The SMILES string of the molecule is CC1(C(=O)OC(=O)C(O)(c2cccs2)c2cccs2)c2ccccc2-c2ccccc21. The zero-order valence-electron chi connectivity index (χ0n) is 16.6. The molecule has 6 heteroatoms. The highest BCUT2D eigenvalue weighted by atomic mass is 32.1. The summed E-state index contributed by atoms with van der Waals surface area (Å²) in [5.41, 5.74) is 0.254. The number of rotatable bonds is 4. The van der Waals surface area contributed by atoms with Gasteiger partial charge in [0.1, 0.15) is 5.41 Å². The Labute approximate surface area is 187 Å². The average Bonchev–Trinajstić information content (AvgIpc) is 3.56. The quantitative estimate of drug-likeness (QED) is 0.350. The molecule has 31 heavy (non-hydrogen) atoms. The van der Waals surface area contributed by atoms with Crippen LogP contribution in [0.15, 0.2) is 83.6 Å². The van der Waals surface area contributed by atoms with Gasteiger partial charge in [-0.05, 0) is 52.1 Å². The molecule has 1 aliphatic carbocycles. The van der Waals surface area contributed by atoms with Crippen molar-refractivity contribution in [3.05, 3.63) is 104 Å². The monoisotopic (exact) mass is 446 g/mol. The first-order valence-corrected chi connectivity index (χ1v) is 11.5. The summed E-state index contributed by atoms with van der Waals surface area (Å²) in [6, 6.07) is 22.1. The Morgan fingerprint density at radius 1 is 0.806 bits per heavy atom. The number of carbonyl (C=O) groups excluding carboxylic acids is 2. The third kappa shape index (κ3) is 2.83. The molecule has 0 atom stereocenters. The predicted octanol–water partition coefficient (Wildman–Crippen LogP) is 5.10. The second-order valence-electron chi connectivity index (χ2n) is 7.56. The molecule has 0 aliphatic heterocycles. The summed E-state index contributed by atoms with van der Waals surface area (Å²) in [7, 11) is 0. The molecule has 0 amide bonds. The van der Waals surface area contributed by atoms with E-state index in [1.165, 1.54) is 22.7 Å². The normalized spacial score (nSPS) is 14.0. The molecule has 2 aromatic carbocycles. The highest BCUT2D eigenvalue weighted by Gasteiger charge is 2.51. The second kappa shape index (κ2) is 7.27. The van der Waals surface area contributed by atoms with Gasteiger partial charge in [0.2, 0.25) is 5.60 Å². The van der Waals surface area contributed by atoms with Crippen molar-refractivity contribution in [1.82, 2.24) is 0 Å². The van der Waals surface area contributed by atoms with E-state index in [-0.39, 0.29) is 0 Å². The lowest BCUT2D eigenvalue weighted by Crippen LogP contribution is -2.43. The van der Waals surface area contributed by atoms with E-state index in [9.17, 15) is 14.7 Å². The fraction of sp³-hybridized carbons (Fsp3) is 0.120.